The fourth-order valence-corrected chi connectivity index (χ4v) is 1.14. The second kappa shape index (κ2) is 2.35. The van der Waals surface area contributed by atoms with Gasteiger partial charge in [0.1, 0.15) is 0 Å². The van der Waals surface area contributed by atoms with E-state index in [4.69, 9.17) is 5.73 Å². The zero-order valence-corrected chi connectivity index (χ0v) is 5.63. The van der Waals surface area contributed by atoms with Crippen LogP contribution in [0.2, 0.25) is 0 Å². The van der Waals surface area contributed by atoms with Crippen LogP contribution in [0.15, 0.2) is 0 Å². The van der Waals surface area contributed by atoms with Crippen molar-refractivity contribution in [2.24, 2.45) is 5.73 Å². The molecule has 1 aliphatic heterocycles. The van der Waals surface area contributed by atoms with E-state index in [0.717, 1.165) is 19.5 Å². The second-order valence-corrected chi connectivity index (χ2v) is 2.34. The Kier molecular flexibility index (Phi) is 1.71. The molecule has 1 fully saturated rings. The molecule has 3 nitrogen and oxygen atoms in total. The quantitative estimate of drug-likeness (QED) is 0.548. The van der Waals surface area contributed by atoms with Crippen molar-refractivity contribution in [3.05, 3.63) is 0 Å². The first-order chi connectivity index (χ1) is 4.25. The number of rotatable bonds is 2. The normalized spacial score (nSPS) is 27.4. The Balaban J connectivity index is 2.35. The lowest BCUT2D eigenvalue weighted by atomic mass is 10.0. The van der Waals surface area contributed by atoms with Crippen LogP contribution in [0, 0.1) is 0 Å². The molecule has 1 aliphatic rings. The highest BCUT2D eigenvalue weighted by molar-refractivity contribution is 5.80. The van der Waals surface area contributed by atoms with Crippen LogP contribution >= 0.6 is 0 Å². The Hall–Kier alpha value is -0.570. The minimum Gasteiger partial charge on any atom is -0.368 e. The summed E-state index contributed by atoms with van der Waals surface area (Å²) in [5.41, 5.74) is 5.08. The van der Waals surface area contributed by atoms with Crippen LogP contribution in [0.4, 0.5) is 0 Å². The van der Waals surface area contributed by atoms with Gasteiger partial charge in [0, 0.05) is 6.54 Å². The molecule has 2 N–H and O–H groups in total. The Labute approximate surface area is 54.8 Å². The average molecular weight is 128 g/mol. The van der Waals surface area contributed by atoms with Crippen molar-refractivity contribution in [3.63, 3.8) is 0 Å². The van der Waals surface area contributed by atoms with Crippen LogP contribution in [-0.4, -0.2) is 29.9 Å². The largest absolute Gasteiger partial charge is 0.368 e. The Bertz CT molecular complexity index is 122. The van der Waals surface area contributed by atoms with Gasteiger partial charge in [-0.05, 0) is 13.0 Å². The summed E-state index contributed by atoms with van der Waals surface area (Å²) in [5.74, 6) is -0.178. The lowest BCUT2D eigenvalue weighted by molar-refractivity contribution is -0.127. The monoisotopic (exact) mass is 128 g/mol. The Morgan fingerprint density at radius 1 is 1.89 bits per heavy atom. The van der Waals surface area contributed by atoms with Gasteiger partial charge >= 0.3 is 0 Å². The molecule has 0 aromatic heterocycles. The minimum atomic E-state index is -0.178. The maximum atomic E-state index is 10.5. The van der Waals surface area contributed by atoms with E-state index in [9.17, 15) is 4.79 Å². The van der Waals surface area contributed by atoms with Crippen LogP contribution in [0.1, 0.15) is 13.3 Å². The number of carbonyl (C=O) groups is 1. The number of likely N-dealkylation sites (tertiary alicyclic amines) is 1. The van der Waals surface area contributed by atoms with E-state index in [2.05, 4.69) is 4.90 Å². The maximum absolute atomic E-state index is 10.5. The number of carbonyl (C=O) groups excluding carboxylic acids is 1. The van der Waals surface area contributed by atoms with E-state index in [-0.39, 0.29) is 11.9 Å². The number of nitrogens with zero attached hydrogens (tertiary/aromatic N) is 1. The molecule has 1 unspecified atom stereocenters. The fourth-order valence-electron chi connectivity index (χ4n) is 1.14. The first-order valence-electron chi connectivity index (χ1n) is 3.29. The van der Waals surface area contributed by atoms with Gasteiger partial charge in [-0.3, -0.25) is 9.69 Å². The Morgan fingerprint density at radius 3 is 2.67 bits per heavy atom. The predicted molar refractivity (Wildman–Crippen MR) is 34.8 cm³/mol. The first-order valence-corrected chi connectivity index (χ1v) is 3.29. The molecular weight excluding hydrogens is 116 g/mol. The van der Waals surface area contributed by atoms with E-state index < -0.39 is 0 Å². The van der Waals surface area contributed by atoms with Gasteiger partial charge in [0.25, 0.3) is 0 Å². The number of primary amides is 1. The van der Waals surface area contributed by atoms with Gasteiger partial charge in [0.05, 0.1) is 6.04 Å². The number of amides is 1. The lowest BCUT2D eigenvalue weighted by Gasteiger charge is -2.37. The molecule has 1 atom stereocenters. The number of hydrogen-bond acceptors (Lipinski definition) is 2. The van der Waals surface area contributed by atoms with Crippen molar-refractivity contribution in [2.75, 3.05) is 13.1 Å². The molecule has 0 saturated carbocycles. The van der Waals surface area contributed by atoms with Crippen LogP contribution in [-0.2, 0) is 4.79 Å². The molecular formula is C6H12N2O. The molecule has 1 amide bonds. The highest BCUT2D eigenvalue weighted by Gasteiger charge is 2.30. The van der Waals surface area contributed by atoms with E-state index in [0.29, 0.717) is 0 Å². The number of hydrogen-bond donors (Lipinski definition) is 1. The van der Waals surface area contributed by atoms with Gasteiger partial charge in [0.15, 0.2) is 0 Å². The topological polar surface area (TPSA) is 46.3 Å². The molecule has 0 aromatic carbocycles. The van der Waals surface area contributed by atoms with Gasteiger partial charge in [-0.1, -0.05) is 6.92 Å². The fraction of sp³-hybridized carbons (Fsp3) is 0.833. The summed E-state index contributed by atoms with van der Waals surface area (Å²) in [6.07, 6.45) is 0.948. The third kappa shape index (κ3) is 1.05. The van der Waals surface area contributed by atoms with E-state index >= 15 is 0 Å². The van der Waals surface area contributed by atoms with Crippen LogP contribution in [0.5, 0.6) is 0 Å². The van der Waals surface area contributed by atoms with Crippen LogP contribution in [0.3, 0.4) is 0 Å². The van der Waals surface area contributed by atoms with Gasteiger partial charge < -0.3 is 5.73 Å². The van der Waals surface area contributed by atoms with Crippen LogP contribution in [0.25, 0.3) is 0 Å². The SMILES string of the molecule is CCN1CCC1C(N)=O. The van der Waals surface area contributed by atoms with Crippen molar-refractivity contribution in [1.82, 2.24) is 4.90 Å². The predicted octanol–water partition coefficient (Wildman–Crippen LogP) is -0.434. The standard InChI is InChI=1S/C6H12N2O/c1-2-8-4-3-5(8)6(7)9/h5H,2-4H2,1H3,(H2,7,9). The summed E-state index contributed by atoms with van der Waals surface area (Å²) < 4.78 is 0. The van der Waals surface area contributed by atoms with Crippen molar-refractivity contribution in [2.45, 2.75) is 19.4 Å². The van der Waals surface area contributed by atoms with Crippen LogP contribution < -0.4 is 5.73 Å². The molecule has 52 valence electrons. The lowest BCUT2D eigenvalue weighted by Crippen LogP contribution is -2.54. The molecule has 1 rings (SSSR count). The van der Waals surface area contributed by atoms with E-state index in [1.54, 1.807) is 0 Å². The summed E-state index contributed by atoms with van der Waals surface area (Å²) in [4.78, 5) is 12.6. The molecule has 9 heavy (non-hydrogen) atoms. The minimum absolute atomic E-state index is 0.0370. The molecule has 1 heterocycles. The van der Waals surface area contributed by atoms with Gasteiger partial charge in [-0.25, -0.2) is 0 Å². The van der Waals surface area contributed by atoms with Crippen molar-refractivity contribution < 1.29 is 4.79 Å². The smallest absolute Gasteiger partial charge is 0.234 e. The van der Waals surface area contributed by atoms with Crippen molar-refractivity contribution >= 4 is 5.91 Å². The summed E-state index contributed by atoms with van der Waals surface area (Å²) in [6.45, 7) is 4.01. The summed E-state index contributed by atoms with van der Waals surface area (Å²) >= 11 is 0. The van der Waals surface area contributed by atoms with E-state index in [1.165, 1.54) is 0 Å². The second-order valence-electron chi connectivity index (χ2n) is 2.34. The highest BCUT2D eigenvalue weighted by atomic mass is 16.1. The molecule has 0 bridgehead atoms. The molecule has 0 aliphatic carbocycles. The molecule has 0 radical (unpaired) electrons. The van der Waals surface area contributed by atoms with E-state index in [1.807, 2.05) is 6.92 Å². The number of nitrogens with two attached hydrogens (primary N) is 1. The third-order valence-electron chi connectivity index (χ3n) is 1.87. The number of likely N-dealkylation sites (N-methyl/N-ethyl adjacent to an activating group) is 1. The first kappa shape index (κ1) is 6.55. The summed E-state index contributed by atoms with van der Waals surface area (Å²) in [7, 11) is 0. The summed E-state index contributed by atoms with van der Waals surface area (Å²) in [6, 6.07) is 0.0370. The molecule has 1 saturated heterocycles. The van der Waals surface area contributed by atoms with Gasteiger partial charge in [-0.2, -0.15) is 0 Å². The Morgan fingerprint density at radius 2 is 2.56 bits per heavy atom. The third-order valence-corrected chi connectivity index (χ3v) is 1.87. The van der Waals surface area contributed by atoms with Gasteiger partial charge in [-0.15, -0.1) is 0 Å². The zero-order chi connectivity index (χ0) is 6.85. The molecule has 0 aromatic rings. The maximum Gasteiger partial charge on any atom is 0.234 e. The van der Waals surface area contributed by atoms with Crippen molar-refractivity contribution in [1.29, 1.82) is 0 Å². The summed E-state index contributed by atoms with van der Waals surface area (Å²) in [5, 5.41) is 0. The van der Waals surface area contributed by atoms with Crippen molar-refractivity contribution in [3.8, 4) is 0 Å². The zero-order valence-electron chi connectivity index (χ0n) is 5.63. The van der Waals surface area contributed by atoms with Gasteiger partial charge in [0.2, 0.25) is 5.91 Å². The molecule has 3 heteroatoms. The highest BCUT2D eigenvalue weighted by Crippen LogP contribution is 2.14. The average Bonchev–Trinajstić information content (AvgIpc) is 1.61. The molecule has 0 spiro atoms.